The second-order valence-electron chi connectivity index (χ2n) is 6.21. The Morgan fingerprint density at radius 1 is 1.12 bits per heavy atom. The number of halogens is 1. The summed E-state index contributed by atoms with van der Waals surface area (Å²) in [5, 5.41) is 9.41. The molecule has 0 spiro atoms. The minimum absolute atomic E-state index is 0.135. The molecule has 132 valence electrons. The van der Waals surface area contributed by atoms with Crippen LogP contribution in [0.5, 0.6) is 0 Å². The number of H-pyrrole nitrogens is 2. The summed E-state index contributed by atoms with van der Waals surface area (Å²) in [4.78, 5) is 15.4. The minimum Gasteiger partial charge on any atom is -0.377 e. The molecule has 0 unspecified atom stereocenters. The molecule has 2 aromatic carbocycles. The first kappa shape index (κ1) is 16.8. The second kappa shape index (κ2) is 7.32. The number of nitrogens with one attached hydrogen (secondary N) is 2. The first-order valence-corrected chi connectivity index (χ1v) is 8.90. The number of ether oxygens (including phenoxy) is 1. The zero-order valence-electron chi connectivity index (χ0n) is 14.1. The number of benzene rings is 2. The van der Waals surface area contributed by atoms with Crippen LogP contribution in [0.4, 0.5) is 0 Å². The van der Waals surface area contributed by atoms with E-state index in [4.69, 9.17) is 16.3 Å². The van der Waals surface area contributed by atoms with Crippen molar-refractivity contribution >= 4 is 33.4 Å². The lowest BCUT2D eigenvalue weighted by molar-refractivity contribution is 0.118. The molecule has 4 rings (SSSR count). The molecule has 0 atom stereocenters. The maximum Gasteiger partial charge on any atom is 0.259 e. The molecule has 0 bridgehead atoms. The van der Waals surface area contributed by atoms with Gasteiger partial charge in [0.25, 0.3) is 5.56 Å². The Morgan fingerprint density at radius 3 is 2.81 bits per heavy atom. The van der Waals surface area contributed by atoms with Crippen molar-refractivity contribution in [1.82, 2.24) is 15.2 Å². The van der Waals surface area contributed by atoms with Gasteiger partial charge in [0.1, 0.15) is 5.52 Å². The summed E-state index contributed by atoms with van der Waals surface area (Å²) in [6.45, 7) is 1.21. The van der Waals surface area contributed by atoms with Crippen LogP contribution in [0.25, 0.3) is 21.8 Å². The number of pyridine rings is 1. The van der Waals surface area contributed by atoms with Crippen LogP contribution in [-0.2, 0) is 17.8 Å². The Kier molecular flexibility index (Phi) is 4.73. The lowest BCUT2D eigenvalue weighted by atomic mass is 10.1. The van der Waals surface area contributed by atoms with Crippen LogP contribution >= 0.6 is 11.6 Å². The zero-order valence-corrected chi connectivity index (χ0v) is 14.8. The average molecular weight is 368 g/mol. The second-order valence-corrected chi connectivity index (χ2v) is 6.65. The molecule has 0 aliphatic rings. The highest BCUT2D eigenvalue weighted by Gasteiger charge is 2.13. The average Bonchev–Trinajstić information content (AvgIpc) is 3.08. The van der Waals surface area contributed by atoms with E-state index in [0.29, 0.717) is 35.6 Å². The summed E-state index contributed by atoms with van der Waals surface area (Å²) in [6, 6.07) is 15.4. The molecule has 0 saturated carbocycles. The molecule has 2 aromatic heterocycles. The number of aromatic nitrogens is 3. The van der Waals surface area contributed by atoms with Crippen LogP contribution < -0.4 is 5.56 Å². The Morgan fingerprint density at radius 2 is 1.96 bits per heavy atom. The highest BCUT2D eigenvalue weighted by Crippen LogP contribution is 2.24. The zero-order chi connectivity index (χ0) is 17.9. The standard InChI is InChI=1S/C20H18ClN3O2/c21-14-8-9-16-15(11-14)19-18(20(25)22-16)17(23-24-19)7-4-10-26-12-13-5-2-1-3-6-13/h1-3,5-6,8-9,11H,4,7,10,12H2,(H,22,25)(H,23,24). The quantitative estimate of drug-likeness (QED) is 0.501. The van der Waals surface area contributed by atoms with Gasteiger partial charge in [-0.1, -0.05) is 41.9 Å². The van der Waals surface area contributed by atoms with Crippen LogP contribution in [-0.4, -0.2) is 21.8 Å². The first-order chi connectivity index (χ1) is 12.7. The lowest BCUT2D eigenvalue weighted by Gasteiger charge is -2.04. The van der Waals surface area contributed by atoms with E-state index in [1.165, 1.54) is 0 Å². The predicted molar refractivity (Wildman–Crippen MR) is 104 cm³/mol. The van der Waals surface area contributed by atoms with Gasteiger partial charge in [-0.05, 0) is 36.6 Å². The normalized spacial score (nSPS) is 11.4. The number of rotatable bonds is 6. The minimum atomic E-state index is -0.135. The summed E-state index contributed by atoms with van der Waals surface area (Å²) >= 11 is 6.09. The molecule has 0 amide bonds. The van der Waals surface area contributed by atoms with E-state index in [-0.39, 0.29) is 5.56 Å². The topological polar surface area (TPSA) is 70.8 Å². The highest BCUT2D eigenvalue weighted by atomic mass is 35.5. The molecule has 2 heterocycles. The maximum absolute atomic E-state index is 12.5. The van der Waals surface area contributed by atoms with Crippen molar-refractivity contribution in [1.29, 1.82) is 0 Å². The van der Waals surface area contributed by atoms with E-state index in [0.717, 1.165) is 28.6 Å². The van der Waals surface area contributed by atoms with E-state index >= 15 is 0 Å². The maximum atomic E-state index is 12.5. The molecule has 0 radical (unpaired) electrons. The highest BCUT2D eigenvalue weighted by molar-refractivity contribution is 6.31. The number of aryl methyl sites for hydroxylation is 1. The molecule has 26 heavy (non-hydrogen) atoms. The molecular formula is C20H18ClN3O2. The number of hydrogen-bond donors (Lipinski definition) is 2. The third-order valence-corrected chi connectivity index (χ3v) is 4.62. The monoisotopic (exact) mass is 367 g/mol. The molecule has 4 aromatic rings. The predicted octanol–water partition coefficient (Wildman–Crippen LogP) is 4.21. The molecule has 2 N–H and O–H groups in total. The molecule has 0 fully saturated rings. The fraction of sp³-hybridized carbons (Fsp3) is 0.200. The summed E-state index contributed by atoms with van der Waals surface area (Å²) in [6.07, 6.45) is 1.50. The van der Waals surface area contributed by atoms with Gasteiger partial charge in [-0.2, -0.15) is 5.10 Å². The third kappa shape index (κ3) is 3.36. The molecule has 6 heteroatoms. The fourth-order valence-electron chi connectivity index (χ4n) is 3.12. The van der Waals surface area contributed by atoms with Gasteiger partial charge in [0.2, 0.25) is 0 Å². The summed E-state index contributed by atoms with van der Waals surface area (Å²) < 4.78 is 5.71. The van der Waals surface area contributed by atoms with E-state index in [1.807, 2.05) is 36.4 Å². The van der Waals surface area contributed by atoms with Crippen LogP contribution in [0.1, 0.15) is 17.7 Å². The number of hydrogen-bond acceptors (Lipinski definition) is 3. The van der Waals surface area contributed by atoms with Crippen LogP contribution in [0.15, 0.2) is 53.3 Å². The smallest absolute Gasteiger partial charge is 0.259 e. The first-order valence-electron chi connectivity index (χ1n) is 8.52. The number of fused-ring (bicyclic) bond motifs is 3. The summed E-state index contributed by atoms with van der Waals surface area (Å²) in [5.74, 6) is 0. The molecule has 5 nitrogen and oxygen atoms in total. The van der Waals surface area contributed by atoms with Crippen molar-refractivity contribution in [3.8, 4) is 0 Å². The number of aromatic amines is 2. The fourth-order valence-corrected chi connectivity index (χ4v) is 3.29. The molecule has 0 aliphatic carbocycles. The van der Waals surface area contributed by atoms with Gasteiger partial charge in [0.15, 0.2) is 0 Å². The van der Waals surface area contributed by atoms with Gasteiger partial charge >= 0.3 is 0 Å². The van der Waals surface area contributed by atoms with Gasteiger partial charge in [-0.25, -0.2) is 0 Å². The van der Waals surface area contributed by atoms with Crippen molar-refractivity contribution in [3.05, 3.63) is 75.2 Å². The Hall–Kier alpha value is -2.63. The SMILES string of the molecule is O=c1[nH]c2ccc(Cl)cc2c2n[nH]c(CCCOCc3ccccc3)c12. The van der Waals surface area contributed by atoms with E-state index in [2.05, 4.69) is 15.2 Å². The van der Waals surface area contributed by atoms with Crippen LogP contribution in [0, 0.1) is 0 Å². The molecule has 0 saturated heterocycles. The van der Waals surface area contributed by atoms with Gasteiger partial charge in [-0.3, -0.25) is 9.89 Å². The lowest BCUT2D eigenvalue weighted by Crippen LogP contribution is -2.08. The van der Waals surface area contributed by atoms with Crippen molar-refractivity contribution in [2.24, 2.45) is 0 Å². The van der Waals surface area contributed by atoms with E-state index < -0.39 is 0 Å². The van der Waals surface area contributed by atoms with Gasteiger partial charge < -0.3 is 9.72 Å². The van der Waals surface area contributed by atoms with Gasteiger partial charge in [0.05, 0.1) is 17.5 Å². The Labute approximate surface area is 155 Å². The van der Waals surface area contributed by atoms with Crippen molar-refractivity contribution in [3.63, 3.8) is 0 Å². The van der Waals surface area contributed by atoms with E-state index in [1.54, 1.807) is 12.1 Å². The van der Waals surface area contributed by atoms with E-state index in [9.17, 15) is 4.79 Å². The van der Waals surface area contributed by atoms with Crippen LogP contribution in [0.2, 0.25) is 5.02 Å². The van der Waals surface area contributed by atoms with Crippen molar-refractivity contribution in [2.45, 2.75) is 19.4 Å². The van der Waals surface area contributed by atoms with Crippen molar-refractivity contribution < 1.29 is 4.74 Å². The van der Waals surface area contributed by atoms with Gasteiger partial charge in [-0.15, -0.1) is 0 Å². The summed E-state index contributed by atoms with van der Waals surface area (Å²) in [5.41, 5.74) is 3.23. The third-order valence-electron chi connectivity index (χ3n) is 4.38. The number of nitrogens with zero attached hydrogens (tertiary/aromatic N) is 1. The van der Waals surface area contributed by atoms with Crippen molar-refractivity contribution in [2.75, 3.05) is 6.61 Å². The summed E-state index contributed by atoms with van der Waals surface area (Å²) in [7, 11) is 0. The molecular weight excluding hydrogens is 350 g/mol. The van der Waals surface area contributed by atoms with Crippen LogP contribution in [0.3, 0.4) is 0 Å². The Balaban J connectivity index is 1.48. The Bertz CT molecular complexity index is 1100. The van der Waals surface area contributed by atoms with Gasteiger partial charge in [0, 0.05) is 22.7 Å². The largest absolute Gasteiger partial charge is 0.377 e. The molecule has 0 aliphatic heterocycles.